The van der Waals surface area contributed by atoms with Crippen molar-refractivity contribution in [3.05, 3.63) is 35.3 Å². The summed E-state index contributed by atoms with van der Waals surface area (Å²) in [6, 6.07) is 10.3. The fourth-order valence-corrected chi connectivity index (χ4v) is 2.12. The number of hydrogen-bond acceptors (Lipinski definition) is 0. The molecule has 0 saturated carbocycles. The van der Waals surface area contributed by atoms with E-state index in [9.17, 15) is 0 Å². The minimum Gasteiger partial charge on any atom is -0.687 e. The molecule has 1 rings (SSSR count). The molecule has 1 nitrogen and oxygen atoms in total. The van der Waals surface area contributed by atoms with Crippen LogP contribution in [0.5, 0.6) is 0 Å². The molecule has 0 radical (unpaired) electrons. The van der Waals surface area contributed by atoms with Crippen molar-refractivity contribution >= 4 is 13.9 Å². The van der Waals surface area contributed by atoms with E-state index >= 15 is 0 Å². The number of rotatable bonds is 2. The van der Waals surface area contributed by atoms with Crippen molar-refractivity contribution in [3.8, 4) is 0 Å². The van der Waals surface area contributed by atoms with Crippen LogP contribution in [0.2, 0.25) is 18.1 Å². The van der Waals surface area contributed by atoms with Crippen LogP contribution in [0.4, 0.5) is 5.69 Å². The number of nitrogens with zero attached hydrogens (tertiary/aromatic N) is 1. The van der Waals surface area contributed by atoms with Gasteiger partial charge in [0.1, 0.15) is 0 Å². The number of hydrogen-bond donors (Lipinski definition) is 0. The van der Waals surface area contributed by atoms with Gasteiger partial charge < -0.3 is 4.98 Å². The first-order valence-electron chi connectivity index (χ1n) is 5.11. The standard InChI is InChI=1S/C12H20NSi.Li/c1-12(2,3)14(4,5)13-11-9-7-6-8-10-11;/h6-10H,1-5H3;/q-1;+1. The Balaban J connectivity index is 0.00000196. The molecule has 0 spiro atoms. The van der Waals surface area contributed by atoms with Gasteiger partial charge in [0.15, 0.2) is 0 Å². The Bertz CT molecular complexity index is 290. The Morgan fingerprint density at radius 1 is 1.00 bits per heavy atom. The van der Waals surface area contributed by atoms with Crippen molar-refractivity contribution in [3.63, 3.8) is 0 Å². The third-order valence-corrected chi connectivity index (χ3v) is 7.49. The Hall–Kier alpha value is -0.166. The molecule has 0 fully saturated rings. The molecule has 0 saturated heterocycles. The van der Waals surface area contributed by atoms with Crippen LogP contribution >= 0.6 is 0 Å². The van der Waals surface area contributed by atoms with Crippen molar-refractivity contribution in [1.29, 1.82) is 0 Å². The summed E-state index contributed by atoms with van der Waals surface area (Å²) in [6.45, 7) is 11.5. The topological polar surface area (TPSA) is 14.1 Å². The summed E-state index contributed by atoms with van der Waals surface area (Å²) in [5.41, 5.74) is 1.12. The van der Waals surface area contributed by atoms with Crippen molar-refractivity contribution in [2.45, 2.75) is 38.9 Å². The molecule has 0 unspecified atom stereocenters. The van der Waals surface area contributed by atoms with E-state index in [1.807, 2.05) is 18.2 Å². The van der Waals surface area contributed by atoms with Crippen LogP contribution in [0.3, 0.4) is 0 Å². The summed E-state index contributed by atoms with van der Waals surface area (Å²) in [5.74, 6) is 0. The zero-order valence-corrected chi connectivity index (χ0v) is 11.8. The van der Waals surface area contributed by atoms with E-state index in [1.54, 1.807) is 0 Å². The molecular weight excluding hydrogens is 193 g/mol. The Kier molecular flexibility index (Phi) is 5.19. The number of benzene rings is 1. The van der Waals surface area contributed by atoms with Crippen molar-refractivity contribution in [1.82, 2.24) is 0 Å². The molecule has 15 heavy (non-hydrogen) atoms. The van der Waals surface area contributed by atoms with Gasteiger partial charge in [-0.1, -0.05) is 69.2 Å². The first-order valence-corrected chi connectivity index (χ1v) is 8.06. The molecule has 0 aliphatic rings. The molecule has 0 atom stereocenters. The average Bonchev–Trinajstić information content (AvgIpc) is 2.03. The molecular formula is C12H20LiNSi. The molecule has 1 aromatic rings. The molecule has 78 valence electrons. The first-order chi connectivity index (χ1) is 6.33. The van der Waals surface area contributed by atoms with E-state index in [2.05, 4.69) is 46.0 Å². The average molecular weight is 213 g/mol. The molecule has 0 aliphatic heterocycles. The van der Waals surface area contributed by atoms with Crippen molar-refractivity contribution in [2.75, 3.05) is 0 Å². The second-order valence-corrected chi connectivity index (χ2v) is 10.1. The minimum absolute atomic E-state index is 0. The summed E-state index contributed by atoms with van der Waals surface area (Å²) >= 11 is 0. The van der Waals surface area contributed by atoms with Gasteiger partial charge in [-0.3, -0.25) is 0 Å². The normalized spacial score (nSPS) is 11.8. The summed E-state index contributed by atoms with van der Waals surface area (Å²) in [5, 5.41) is 0.322. The minimum atomic E-state index is -1.52. The largest absolute Gasteiger partial charge is 1.00 e. The molecule has 1 aromatic carbocycles. The molecule has 0 amide bonds. The van der Waals surface area contributed by atoms with E-state index in [4.69, 9.17) is 4.98 Å². The zero-order valence-electron chi connectivity index (χ0n) is 10.8. The zero-order chi connectivity index (χ0) is 10.8. The summed E-state index contributed by atoms with van der Waals surface area (Å²) in [6.07, 6.45) is 0. The SMILES string of the molecule is CC(C)(C)[Si](C)(C)[N-]c1ccccc1.[Li+]. The van der Waals surface area contributed by atoms with Gasteiger partial charge in [0.05, 0.1) is 0 Å². The van der Waals surface area contributed by atoms with Crippen LogP contribution < -0.4 is 18.9 Å². The van der Waals surface area contributed by atoms with Crippen LogP contribution in [-0.4, -0.2) is 8.24 Å². The maximum absolute atomic E-state index is 4.90. The van der Waals surface area contributed by atoms with Gasteiger partial charge in [0.25, 0.3) is 0 Å². The third kappa shape index (κ3) is 4.06. The fraction of sp³-hybridized carbons (Fsp3) is 0.500. The van der Waals surface area contributed by atoms with E-state index < -0.39 is 8.24 Å². The van der Waals surface area contributed by atoms with Gasteiger partial charge in [-0.25, -0.2) is 0 Å². The molecule has 0 bridgehead atoms. The maximum atomic E-state index is 4.90. The molecule has 0 N–H and O–H groups in total. The van der Waals surface area contributed by atoms with Crippen LogP contribution in [0.15, 0.2) is 30.3 Å². The smallest absolute Gasteiger partial charge is 0.687 e. The van der Waals surface area contributed by atoms with Crippen molar-refractivity contribution < 1.29 is 18.9 Å². The van der Waals surface area contributed by atoms with Crippen molar-refractivity contribution in [2.24, 2.45) is 0 Å². The third-order valence-electron chi connectivity index (χ3n) is 3.00. The van der Waals surface area contributed by atoms with Gasteiger partial charge in [-0.15, -0.1) is 5.69 Å². The van der Waals surface area contributed by atoms with E-state index in [0.29, 0.717) is 5.04 Å². The van der Waals surface area contributed by atoms with Gasteiger partial charge in [0.2, 0.25) is 0 Å². The van der Waals surface area contributed by atoms with Crippen LogP contribution in [0.25, 0.3) is 4.98 Å². The van der Waals surface area contributed by atoms with Crippen LogP contribution in [-0.2, 0) is 0 Å². The predicted octanol–water partition coefficient (Wildman–Crippen LogP) is 1.70. The van der Waals surface area contributed by atoms with Crippen LogP contribution in [0, 0.1) is 0 Å². The van der Waals surface area contributed by atoms with Gasteiger partial charge in [-0.2, -0.15) is 0 Å². The van der Waals surface area contributed by atoms with E-state index in [-0.39, 0.29) is 18.9 Å². The van der Waals surface area contributed by atoms with Crippen LogP contribution in [0.1, 0.15) is 20.8 Å². The van der Waals surface area contributed by atoms with Gasteiger partial charge >= 0.3 is 18.9 Å². The molecule has 0 aliphatic carbocycles. The second kappa shape index (κ2) is 5.25. The summed E-state index contributed by atoms with van der Waals surface area (Å²) in [7, 11) is -1.52. The Morgan fingerprint density at radius 2 is 1.47 bits per heavy atom. The Labute approximate surface area is 107 Å². The summed E-state index contributed by atoms with van der Waals surface area (Å²) < 4.78 is 0. The maximum Gasteiger partial charge on any atom is 1.00 e. The molecule has 3 heteroatoms. The molecule has 0 heterocycles. The van der Waals surface area contributed by atoms with E-state index in [1.165, 1.54) is 0 Å². The van der Waals surface area contributed by atoms with Gasteiger partial charge in [0, 0.05) is 0 Å². The Morgan fingerprint density at radius 3 is 1.87 bits per heavy atom. The fourth-order valence-electron chi connectivity index (χ4n) is 0.993. The van der Waals surface area contributed by atoms with Gasteiger partial charge in [-0.05, 0) is 8.24 Å². The second-order valence-electron chi connectivity index (χ2n) is 5.26. The van der Waals surface area contributed by atoms with E-state index in [0.717, 1.165) is 5.69 Å². The first kappa shape index (κ1) is 14.8. The molecule has 0 aromatic heterocycles. The quantitative estimate of drug-likeness (QED) is 0.664. The summed E-state index contributed by atoms with van der Waals surface area (Å²) in [4.78, 5) is 4.90. The monoisotopic (exact) mass is 213 g/mol. The predicted molar refractivity (Wildman–Crippen MR) is 66.7 cm³/mol.